The zero-order chi connectivity index (χ0) is 47.0. The van der Waals surface area contributed by atoms with Gasteiger partial charge >= 0.3 is 0 Å². The number of phenols is 1. The fourth-order valence-corrected chi connectivity index (χ4v) is 8.37. The van der Waals surface area contributed by atoms with Crippen LogP contribution in [0.1, 0.15) is 123 Å². The van der Waals surface area contributed by atoms with E-state index in [4.69, 9.17) is 12.7 Å². The molecule has 0 amide bonds. The molecule has 0 bridgehead atoms. The molecule has 1 N–H and O–H groups in total. The van der Waals surface area contributed by atoms with Crippen LogP contribution in [0.2, 0.25) is 0 Å². The van der Waals surface area contributed by atoms with Crippen molar-refractivity contribution in [2.75, 3.05) is 0 Å². The Morgan fingerprint density at radius 3 is 1.84 bits per heavy atom. The molecule has 2 heterocycles. The van der Waals surface area contributed by atoms with Crippen LogP contribution < -0.4 is 0 Å². The molecule has 8 rings (SSSR count). The van der Waals surface area contributed by atoms with E-state index in [0.29, 0.717) is 11.4 Å². The van der Waals surface area contributed by atoms with Gasteiger partial charge in [-0.2, -0.15) is 0 Å². The van der Waals surface area contributed by atoms with Crippen LogP contribution >= 0.6 is 0 Å². The molecule has 5 heteroatoms. The Hall–Kier alpha value is -5.57. The molecule has 6 aromatic carbocycles. The van der Waals surface area contributed by atoms with Crippen molar-refractivity contribution >= 4 is 11.0 Å². The molecule has 0 aliphatic rings. The number of nitrogens with zero attached hydrogens (tertiary/aromatic N) is 3. The summed E-state index contributed by atoms with van der Waals surface area (Å²) in [6.07, 6.45) is 1.88. The SMILES string of the molecule is [2H]C(C)(C)c1cc(-c2ccc(-n3c(-c4cc(C(C)(C)C)cc(C)c4O)nc4c(-c5[c-]c(-c6cc(-c7ccc(C)cc7)ccn6)cc(C(C)(C)C)c5)cccc43)c(C)c2)cc(C([2H])(C)C)c1.[Pt]. The standard InChI is InChI=1S/C59H62N3O.Pt/c1-35(2)43-27-44(36(3)4)29-45(28-43)41-21-22-53(38(6)25-41)62-54-16-14-15-50(55(54)61-57(62)51-34-48(58(8,9)10)26-39(7)56(51)63)46-30-47(32-49(31-46)59(11,12)13)52-33-42(23-24-60-52)40-19-17-37(5)18-20-40;/h14-29,31-36,63H,1-13H3;/q-1;/i35D,36D;. The second kappa shape index (κ2) is 17.8. The molecule has 64 heavy (non-hydrogen) atoms. The third-order valence-electron chi connectivity index (χ3n) is 12.4. The second-order valence-corrected chi connectivity index (χ2v) is 19.9. The first-order valence-electron chi connectivity index (χ1n) is 23.1. The summed E-state index contributed by atoms with van der Waals surface area (Å²) in [5, 5.41) is 12.0. The van der Waals surface area contributed by atoms with Crippen molar-refractivity contribution in [3.05, 3.63) is 166 Å². The van der Waals surface area contributed by atoms with Crippen molar-refractivity contribution in [2.45, 2.75) is 113 Å². The maximum atomic E-state index is 12.0. The minimum atomic E-state index is -0.832. The van der Waals surface area contributed by atoms with E-state index in [2.05, 4.69) is 175 Å². The number of aromatic nitrogens is 3. The normalized spacial score (nSPS) is 12.8. The Bertz CT molecular complexity index is 3090. The first-order chi connectivity index (χ1) is 30.4. The number of fused-ring (bicyclic) bond motifs is 1. The van der Waals surface area contributed by atoms with Gasteiger partial charge in [-0.3, -0.25) is 9.55 Å². The monoisotopic (exact) mass is 1030 g/mol. The van der Waals surface area contributed by atoms with Crippen molar-refractivity contribution in [2.24, 2.45) is 0 Å². The number of imidazole rings is 1. The Kier molecular flexibility index (Phi) is 12.1. The van der Waals surface area contributed by atoms with Crippen LogP contribution in [0, 0.1) is 26.8 Å². The van der Waals surface area contributed by atoms with Gasteiger partial charge in [0.1, 0.15) is 11.6 Å². The first kappa shape index (κ1) is 43.7. The number of hydrogen-bond acceptors (Lipinski definition) is 3. The van der Waals surface area contributed by atoms with Crippen LogP contribution in [0.25, 0.3) is 72.7 Å². The minimum absolute atomic E-state index is 0. The first-order valence-corrected chi connectivity index (χ1v) is 22.1. The van der Waals surface area contributed by atoms with Gasteiger partial charge in [0.05, 0.1) is 22.3 Å². The predicted molar refractivity (Wildman–Crippen MR) is 266 cm³/mol. The molecule has 8 aromatic rings. The fourth-order valence-electron chi connectivity index (χ4n) is 8.37. The molecule has 4 nitrogen and oxygen atoms in total. The molecule has 0 saturated carbocycles. The fraction of sp³-hybridized carbons (Fsp3) is 0.288. The summed E-state index contributed by atoms with van der Waals surface area (Å²) in [4.78, 5) is 10.4. The number of para-hydroxylation sites is 1. The third kappa shape index (κ3) is 9.18. The van der Waals surface area contributed by atoms with Gasteiger partial charge in [-0.15, -0.1) is 29.3 Å². The molecule has 0 atom stereocenters. The number of phenolic OH excluding ortho intramolecular Hbond substituents is 1. The quantitative estimate of drug-likeness (QED) is 0.154. The van der Waals surface area contributed by atoms with Gasteiger partial charge in [0.2, 0.25) is 0 Å². The van der Waals surface area contributed by atoms with Crippen LogP contribution in [-0.4, -0.2) is 19.6 Å². The van der Waals surface area contributed by atoms with Gasteiger partial charge in [-0.05, 0) is 124 Å². The number of rotatable bonds is 8. The van der Waals surface area contributed by atoms with E-state index in [1.165, 1.54) is 5.56 Å². The summed E-state index contributed by atoms with van der Waals surface area (Å²) in [5.74, 6) is -0.816. The number of aromatic hydroxyl groups is 1. The molecule has 0 radical (unpaired) electrons. The van der Waals surface area contributed by atoms with Crippen molar-refractivity contribution in [3.63, 3.8) is 0 Å². The van der Waals surface area contributed by atoms with Crippen LogP contribution in [0.5, 0.6) is 5.75 Å². The van der Waals surface area contributed by atoms with E-state index in [0.717, 1.165) is 94.7 Å². The Labute approximate surface area is 399 Å². The molecule has 0 unspecified atom stereocenters. The minimum Gasteiger partial charge on any atom is -0.507 e. The van der Waals surface area contributed by atoms with E-state index in [1.54, 1.807) is 0 Å². The molecular weight excluding hydrogens is 962 g/mol. The topological polar surface area (TPSA) is 50.9 Å². The van der Waals surface area contributed by atoms with E-state index in [1.807, 2.05) is 46.9 Å². The van der Waals surface area contributed by atoms with Gasteiger partial charge in [-0.1, -0.05) is 159 Å². The van der Waals surface area contributed by atoms with Crippen LogP contribution in [0.3, 0.4) is 0 Å². The van der Waals surface area contributed by atoms with E-state index >= 15 is 0 Å². The van der Waals surface area contributed by atoms with E-state index < -0.39 is 11.8 Å². The summed E-state index contributed by atoms with van der Waals surface area (Å²) in [6, 6.07) is 44.2. The Morgan fingerprint density at radius 2 is 1.22 bits per heavy atom. The molecule has 0 aliphatic carbocycles. The largest absolute Gasteiger partial charge is 0.507 e. The second-order valence-electron chi connectivity index (χ2n) is 19.9. The average Bonchev–Trinajstić information content (AvgIpc) is 3.62. The van der Waals surface area contributed by atoms with Crippen molar-refractivity contribution in [1.29, 1.82) is 0 Å². The summed E-state index contributed by atoms with van der Waals surface area (Å²) in [7, 11) is 0. The van der Waals surface area contributed by atoms with Crippen LogP contribution in [-0.2, 0) is 31.9 Å². The molecule has 330 valence electrons. The summed E-state index contributed by atoms with van der Waals surface area (Å²) >= 11 is 0. The number of aryl methyl sites for hydroxylation is 3. The summed E-state index contributed by atoms with van der Waals surface area (Å²) in [6.45, 7) is 27.0. The van der Waals surface area contributed by atoms with E-state index in [-0.39, 0.29) is 37.6 Å². The van der Waals surface area contributed by atoms with Crippen LogP contribution in [0.4, 0.5) is 0 Å². The molecular formula is C59H62N3OPt-. The van der Waals surface area contributed by atoms with Gasteiger partial charge < -0.3 is 5.11 Å². The van der Waals surface area contributed by atoms with Gasteiger partial charge in [0, 0.05) is 35.7 Å². The van der Waals surface area contributed by atoms with Crippen LogP contribution in [0.15, 0.2) is 121 Å². The van der Waals surface area contributed by atoms with Gasteiger partial charge in [0.15, 0.2) is 0 Å². The molecule has 0 spiro atoms. The zero-order valence-corrected chi connectivity index (χ0v) is 41.9. The molecule has 0 saturated heterocycles. The van der Waals surface area contributed by atoms with Crippen molar-refractivity contribution in [1.82, 2.24) is 14.5 Å². The zero-order valence-electron chi connectivity index (χ0n) is 41.7. The molecule has 2 aromatic heterocycles. The maximum Gasteiger partial charge on any atom is 0.148 e. The average molecular weight is 1030 g/mol. The molecule has 0 aliphatic heterocycles. The number of hydrogen-bond donors (Lipinski definition) is 1. The Morgan fingerprint density at radius 1 is 0.609 bits per heavy atom. The summed E-state index contributed by atoms with van der Waals surface area (Å²) in [5.41, 5.74) is 17.8. The van der Waals surface area contributed by atoms with Crippen molar-refractivity contribution < 1.29 is 28.9 Å². The number of benzene rings is 6. The van der Waals surface area contributed by atoms with Crippen molar-refractivity contribution in [3.8, 4) is 67.5 Å². The number of pyridine rings is 1. The van der Waals surface area contributed by atoms with E-state index in [9.17, 15) is 5.11 Å². The summed E-state index contributed by atoms with van der Waals surface area (Å²) < 4.78 is 20.0. The predicted octanol–water partition coefficient (Wildman–Crippen LogP) is 16.0. The van der Waals surface area contributed by atoms with Gasteiger partial charge in [0.25, 0.3) is 0 Å². The Balaban J connectivity index is 0.00000648. The van der Waals surface area contributed by atoms with Gasteiger partial charge in [-0.25, -0.2) is 4.98 Å². The molecule has 0 fully saturated rings. The third-order valence-corrected chi connectivity index (χ3v) is 12.4. The smallest absolute Gasteiger partial charge is 0.148 e. The maximum absolute atomic E-state index is 12.0.